The number of aliphatic hydroxyl groups is 1. The van der Waals surface area contributed by atoms with E-state index in [2.05, 4.69) is 4.98 Å². The first-order chi connectivity index (χ1) is 7.15. The topological polar surface area (TPSA) is 55.1 Å². The van der Waals surface area contributed by atoms with Gasteiger partial charge in [-0.05, 0) is 6.42 Å². The number of hydrogen-bond acceptors (Lipinski definition) is 3. The van der Waals surface area contributed by atoms with E-state index < -0.39 is 6.10 Å². The summed E-state index contributed by atoms with van der Waals surface area (Å²) in [6.07, 6.45) is 5.12. The van der Waals surface area contributed by atoms with Crippen molar-refractivity contribution in [1.82, 2.24) is 9.55 Å². The molecule has 84 valence electrons. The minimum absolute atomic E-state index is 0.0835. The predicted molar refractivity (Wildman–Crippen MR) is 57.5 cm³/mol. The SMILES string of the molecule is CCCC(O)C(=O)CCc1nccn1C. The minimum atomic E-state index is -0.796. The Morgan fingerprint density at radius 3 is 2.93 bits per heavy atom. The third kappa shape index (κ3) is 3.47. The molecule has 4 heteroatoms. The molecule has 0 saturated carbocycles. The van der Waals surface area contributed by atoms with Gasteiger partial charge < -0.3 is 9.67 Å². The number of carbonyl (C=O) groups excluding carboxylic acids is 1. The molecule has 0 aliphatic heterocycles. The van der Waals surface area contributed by atoms with Gasteiger partial charge in [0.05, 0.1) is 0 Å². The molecule has 1 rings (SSSR count). The van der Waals surface area contributed by atoms with Crippen LogP contribution in [0, 0.1) is 0 Å². The summed E-state index contributed by atoms with van der Waals surface area (Å²) in [5, 5.41) is 9.44. The first-order valence-corrected chi connectivity index (χ1v) is 5.32. The van der Waals surface area contributed by atoms with E-state index in [1.165, 1.54) is 0 Å². The molecule has 1 N–H and O–H groups in total. The summed E-state index contributed by atoms with van der Waals surface area (Å²) in [5.74, 6) is 0.798. The van der Waals surface area contributed by atoms with Gasteiger partial charge >= 0.3 is 0 Å². The van der Waals surface area contributed by atoms with Crippen molar-refractivity contribution in [3.8, 4) is 0 Å². The van der Waals surface area contributed by atoms with E-state index in [4.69, 9.17) is 0 Å². The van der Waals surface area contributed by atoms with E-state index in [1.54, 1.807) is 6.20 Å². The Bertz CT molecular complexity index is 320. The summed E-state index contributed by atoms with van der Waals surface area (Å²) >= 11 is 0. The van der Waals surface area contributed by atoms with Crippen LogP contribution in [0.4, 0.5) is 0 Å². The Hall–Kier alpha value is -1.16. The zero-order chi connectivity index (χ0) is 11.3. The first kappa shape index (κ1) is 11.9. The molecule has 1 heterocycles. The van der Waals surface area contributed by atoms with Crippen LogP contribution in [0.2, 0.25) is 0 Å². The number of aryl methyl sites for hydroxylation is 2. The summed E-state index contributed by atoms with van der Waals surface area (Å²) in [6, 6.07) is 0. The molecule has 15 heavy (non-hydrogen) atoms. The van der Waals surface area contributed by atoms with Crippen LogP contribution in [0.3, 0.4) is 0 Å². The van der Waals surface area contributed by atoms with Crippen molar-refractivity contribution in [2.45, 2.75) is 38.7 Å². The molecular formula is C11H18N2O2. The molecule has 1 aromatic rings. The molecule has 0 bridgehead atoms. The Labute approximate surface area is 89.9 Å². The smallest absolute Gasteiger partial charge is 0.161 e. The van der Waals surface area contributed by atoms with Crippen LogP contribution < -0.4 is 0 Å². The second-order valence-corrected chi connectivity index (χ2v) is 3.73. The fourth-order valence-electron chi connectivity index (χ4n) is 1.47. The second-order valence-electron chi connectivity index (χ2n) is 3.73. The minimum Gasteiger partial charge on any atom is -0.385 e. The number of aromatic nitrogens is 2. The Kier molecular flexibility index (Phi) is 4.49. The van der Waals surface area contributed by atoms with Crippen molar-refractivity contribution >= 4 is 5.78 Å². The van der Waals surface area contributed by atoms with E-state index in [0.29, 0.717) is 19.3 Å². The lowest BCUT2D eigenvalue weighted by atomic mass is 10.1. The lowest BCUT2D eigenvalue weighted by Crippen LogP contribution is -2.20. The molecular weight excluding hydrogens is 192 g/mol. The zero-order valence-corrected chi connectivity index (χ0v) is 9.31. The maximum Gasteiger partial charge on any atom is 0.161 e. The Morgan fingerprint density at radius 2 is 2.40 bits per heavy atom. The van der Waals surface area contributed by atoms with Crippen LogP contribution in [-0.2, 0) is 18.3 Å². The fourth-order valence-corrected chi connectivity index (χ4v) is 1.47. The number of ketones is 1. The van der Waals surface area contributed by atoms with Gasteiger partial charge in [0.25, 0.3) is 0 Å². The lowest BCUT2D eigenvalue weighted by Gasteiger charge is -2.07. The summed E-state index contributed by atoms with van der Waals surface area (Å²) in [6.45, 7) is 1.95. The van der Waals surface area contributed by atoms with Crippen molar-refractivity contribution in [2.75, 3.05) is 0 Å². The largest absolute Gasteiger partial charge is 0.385 e. The van der Waals surface area contributed by atoms with E-state index >= 15 is 0 Å². The average Bonchev–Trinajstić information content (AvgIpc) is 2.61. The highest BCUT2D eigenvalue weighted by molar-refractivity contribution is 5.82. The molecule has 1 unspecified atom stereocenters. The van der Waals surface area contributed by atoms with Crippen molar-refractivity contribution in [3.05, 3.63) is 18.2 Å². The summed E-state index contributed by atoms with van der Waals surface area (Å²) in [4.78, 5) is 15.6. The van der Waals surface area contributed by atoms with Gasteiger partial charge in [-0.15, -0.1) is 0 Å². The van der Waals surface area contributed by atoms with Gasteiger partial charge in [-0.3, -0.25) is 4.79 Å². The van der Waals surface area contributed by atoms with E-state index in [0.717, 1.165) is 12.2 Å². The number of carbonyl (C=O) groups is 1. The molecule has 0 aliphatic carbocycles. The average molecular weight is 210 g/mol. The van der Waals surface area contributed by atoms with Gasteiger partial charge in [0.15, 0.2) is 5.78 Å². The highest BCUT2D eigenvalue weighted by atomic mass is 16.3. The maximum absolute atomic E-state index is 11.5. The highest BCUT2D eigenvalue weighted by Gasteiger charge is 2.14. The van der Waals surface area contributed by atoms with Crippen LogP contribution in [0.5, 0.6) is 0 Å². The molecule has 0 radical (unpaired) electrons. The molecule has 0 aliphatic rings. The molecule has 1 aromatic heterocycles. The standard InChI is InChI=1S/C11H18N2O2/c1-3-4-9(14)10(15)5-6-11-12-7-8-13(11)2/h7-9,14H,3-6H2,1-2H3. The number of Topliss-reactive ketones (excluding diaryl/α,β-unsaturated/α-hetero) is 1. The Morgan fingerprint density at radius 1 is 1.67 bits per heavy atom. The third-order valence-corrected chi connectivity index (χ3v) is 2.45. The van der Waals surface area contributed by atoms with Gasteiger partial charge in [0, 0.05) is 32.3 Å². The Balaban J connectivity index is 2.37. The van der Waals surface area contributed by atoms with Crippen molar-refractivity contribution in [1.29, 1.82) is 0 Å². The highest BCUT2D eigenvalue weighted by Crippen LogP contribution is 2.05. The number of rotatable bonds is 6. The van der Waals surface area contributed by atoms with Gasteiger partial charge in [0.2, 0.25) is 0 Å². The van der Waals surface area contributed by atoms with Crippen LogP contribution >= 0.6 is 0 Å². The number of hydrogen-bond donors (Lipinski definition) is 1. The van der Waals surface area contributed by atoms with Crippen molar-refractivity contribution in [3.63, 3.8) is 0 Å². The molecule has 1 atom stereocenters. The first-order valence-electron chi connectivity index (χ1n) is 5.32. The van der Waals surface area contributed by atoms with E-state index in [1.807, 2.05) is 24.7 Å². The molecule has 0 fully saturated rings. The second kappa shape index (κ2) is 5.66. The van der Waals surface area contributed by atoms with Crippen molar-refractivity contribution < 1.29 is 9.90 Å². The monoisotopic (exact) mass is 210 g/mol. The quantitative estimate of drug-likeness (QED) is 0.764. The molecule has 4 nitrogen and oxygen atoms in total. The number of aliphatic hydroxyl groups excluding tert-OH is 1. The third-order valence-electron chi connectivity index (χ3n) is 2.45. The summed E-state index contributed by atoms with van der Waals surface area (Å²) in [5.41, 5.74) is 0. The van der Waals surface area contributed by atoms with Gasteiger partial charge in [-0.1, -0.05) is 13.3 Å². The molecule has 0 aromatic carbocycles. The molecule has 0 amide bonds. The van der Waals surface area contributed by atoms with Crippen LogP contribution in [0.15, 0.2) is 12.4 Å². The summed E-state index contributed by atoms with van der Waals surface area (Å²) in [7, 11) is 1.90. The molecule has 0 spiro atoms. The lowest BCUT2D eigenvalue weighted by molar-refractivity contribution is -0.127. The zero-order valence-electron chi connectivity index (χ0n) is 9.31. The van der Waals surface area contributed by atoms with Gasteiger partial charge in [0.1, 0.15) is 11.9 Å². The maximum atomic E-state index is 11.5. The van der Waals surface area contributed by atoms with Gasteiger partial charge in [-0.2, -0.15) is 0 Å². The molecule has 0 saturated heterocycles. The fraction of sp³-hybridized carbons (Fsp3) is 0.636. The van der Waals surface area contributed by atoms with Crippen LogP contribution in [0.25, 0.3) is 0 Å². The van der Waals surface area contributed by atoms with Crippen LogP contribution in [-0.4, -0.2) is 26.5 Å². The van der Waals surface area contributed by atoms with E-state index in [-0.39, 0.29) is 5.78 Å². The van der Waals surface area contributed by atoms with E-state index in [9.17, 15) is 9.90 Å². The van der Waals surface area contributed by atoms with Crippen molar-refractivity contribution in [2.24, 2.45) is 7.05 Å². The summed E-state index contributed by atoms with van der Waals surface area (Å²) < 4.78 is 1.89. The number of nitrogens with zero attached hydrogens (tertiary/aromatic N) is 2. The van der Waals surface area contributed by atoms with Crippen LogP contribution in [0.1, 0.15) is 32.0 Å². The number of imidazole rings is 1. The predicted octanol–water partition coefficient (Wildman–Crippen LogP) is 1.08. The normalized spacial score (nSPS) is 12.7. The van der Waals surface area contributed by atoms with Gasteiger partial charge in [-0.25, -0.2) is 4.98 Å².